The topological polar surface area (TPSA) is 3.24 Å². The summed E-state index contributed by atoms with van der Waals surface area (Å²) in [5.41, 5.74) is 0. The zero-order valence-corrected chi connectivity index (χ0v) is 8.56. The molecule has 0 aromatic carbocycles. The fraction of sp³-hybridized carbons (Fsp3) is 0.750. The average molecular weight is 206 g/mol. The first-order chi connectivity index (χ1) is 4.72. The zero-order valence-electron chi connectivity index (χ0n) is 6.97. The molecule has 0 aromatic heterocycles. The highest BCUT2D eigenvalue weighted by atomic mass is 79.9. The molecule has 1 atom stereocenters. The molecule has 0 aliphatic rings. The lowest BCUT2D eigenvalue weighted by Crippen LogP contribution is -2.30. The Bertz CT molecular complexity index is 101. The van der Waals surface area contributed by atoms with Crippen molar-refractivity contribution in [3.05, 3.63) is 12.2 Å². The molecule has 0 spiro atoms. The van der Waals surface area contributed by atoms with E-state index in [1.165, 1.54) is 0 Å². The lowest BCUT2D eigenvalue weighted by Gasteiger charge is -2.20. The van der Waals surface area contributed by atoms with Crippen molar-refractivity contribution < 1.29 is 0 Å². The van der Waals surface area contributed by atoms with Crippen LogP contribution in [-0.4, -0.2) is 29.9 Å². The molecule has 0 bridgehead atoms. The van der Waals surface area contributed by atoms with Crippen LogP contribution >= 0.6 is 15.9 Å². The maximum Gasteiger partial charge on any atom is 0.0185 e. The van der Waals surface area contributed by atoms with Gasteiger partial charge in [0.15, 0.2) is 0 Å². The van der Waals surface area contributed by atoms with E-state index >= 15 is 0 Å². The fourth-order valence-corrected chi connectivity index (χ4v) is 1.06. The summed E-state index contributed by atoms with van der Waals surface area (Å²) >= 11 is 3.44. The third-order valence-corrected chi connectivity index (χ3v) is 2.54. The van der Waals surface area contributed by atoms with Gasteiger partial charge >= 0.3 is 0 Å². The van der Waals surface area contributed by atoms with Gasteiger partial charge in [-0.15, -0.1) is 0 Å². The highest BCUT2D eigenvalue weighted by Crippen LogP contribution is 1.98. The molecule has 10 heavy (non-hydrogen) atoms. The minimum atomic E-state index is 0.621. The minimum Gasteiger partial charge on any atom is -0.299 e. The Kier molecular flexibility index (Phi) is 6.03. The highest BCUT2D eigenvalue weighted by Gasteiger charge is 2.03. The largest absolute Gasteiger partial charge is 0.299 e. The molecule has 0 radical (unpaired) electrons. The summed E-state index contributed by atoms with van der Waals surface area (Å²) < 4.78 is 0. The monoisotopic (exact) mass is 205 g/mol. The summed E-state index contributed by atoms with van der Waals surface area (Å²) in [7, 11) is 2.13. The van der Waals surface area contributed by atoms with Crippen molar-refractivity contribution in [3.63, 3.8) is 0 Å². The molecular formula is C8H16BrN. The van der Waals surface area contributed by atoms with Crippen LogP contribution in [0.15, 0.2) is 12.2 Å². The summed E-state index contributed by atoms with van der Waals surface area (Å²) in [4.78, 5) is 2.30. The van der Waals surface area contributed by atoms with Gasteiger partial charge in [-0.2, -0.15) is 0 Å². The van der Waals surface area contributed by atoms with Crippen LogP contribution in [0.2, 0.25) is 0 Å². The first kappa shape index (κ1) is 10.2. The van der Waals surface area contributed by atoms with E-state index in [1.54, 1.807) is 0 Å². The molecule has 0 aliphatic heterocycles. The number of rotatable bonds is 4. The van der Waals surface area contributed by atoms with Gasteiger partial charge in [-0.05, 0) is 20.9 Å². The fourth-order valence-electron chi connectivity index (χ4n) is 0.569. The molecule has 0 rings (SSSR count). The molecule has 0 N–H and O–H groups in total. The van der Waals surface area contributed by atoms with Crippen molar-refractivity contribution >= 4 is 15.9 Å². The van der Waals surface area contributed by atoms with Crippen LogP contribution in [0, 0.1) is 0 Å². The van der Waals surface area contributed by atoms with E-state index in [1.807, 2.05) is 6.92 Å². The van der Waals surface area contributed by atoms with E-state index in [0.717, 1.165) is 11.9 Å². The molecule has 60 valence electrons. The number of allylic oxidation sites excluding steroid dienone is 1. The van der Waals surface area contributed by atoms with E-state index in [9.17, 15) is 0 Å². The lowest BCUT2D eigenvalue weighted by molar-refractivity contribution is 0.308. The molecule has 0 saturated heterocycles. The van der Waals surface area contributed by atoms with Gasteiger partial charge in [0.25, 0.3) is 0 Å². The van der Waals surface area contributed by atoms with Gasteiger partial charge in [-0.3, -0.25) is 4.90 Å². The van der Waals surface area contributed by atoms with Gasteiger partial charge in [0, 0.05) is 17.9 Å². The number of hydrogen-bond donors (Lipinski definition) is 0. The third kappa shape index (κ3) is 4.07. The summed E-state index contributed by atoms with van der Waals surface area (Å²) in [5, 5.41) is 1.04. The quantitative estimate of drug-likeness (QED) is 0.503. The van der Waals surface area contributed by atoms with Crippen LogP contribution in [0.1, 0.15) is 13.8 Å². The Balaban J connectivity index is 3.50. The first-order valence-electron chi connectivity index (χ1n) is 3.59. The van der Waals surface area contributed by atoms with Gasteiger partial charge in [0.1, 0.15) is 0 Å². The second-order valence-corrected chi connectivity index (χ2v) is 3.16. The van der Waals surface area contributed by atoms with Gasteiger partial charge in [0.2, 0.25) is 0 Å². The molecule has 1 nitrogen and oxygen atoms in total. The van der Waals surface area contributed by atoms with Crippen molar-refractivity contribution in [1.82, 2.24) is 4.90 Å². The number of likely N-dealkylation sites (N-methyl/N-ethyl adjacent to an activating group) is 1. The average Bonchev–Trinajstić information content (AvgIpc) is 1.98. The van der Waals surface area contributed by atoms with Crippen LogP contribution in [0.25, 0.3) is 0 Å². The van der Waals surface area contributed by atoms with Crippen LogP contribution in [0.4, 0.5) is 0 Å². The van der Waals surface area contributed by atoms with Crippen molar-refractivity contribution in [2.45, 2.75) is 19.9 Å². The second-order valence-electron chi connectivity index (χ2n) is 2.51. The van der Waals surface area contributed by atoms with E-state index in [-0.39, 0.29) is 0 Å². The smallest absolute Gasteiger partial charge is 0.0185 e. The second kappa shape index (κ2) is 5.93. The Morgan fingerprint density at radius 1 is 1.60 bits per heavy atom. The van der Waals surface area contributed by atoms with Crippen LogP contribution in [0.3, 0.4) is 0 Å². The van der Waals surface area contributed by atoms with E-state index in [0.29, 0.717) is 6.04 Å². The molecule has 0 saturated carbocycles. The molecule has 2 heteroatoms. The third-order valence-electron chi connectivity index (χ3n) is 1.60. The normalized spacial score (nSPS) is 14.9. The highest BCUT2D eigenvalue weighted by molar-refractivity contribution is 9.09. The summed E-state index contributed by atoms with van der Waals surface area (Å²) in [6.45, 7) is 5.30. The first-order valence-corrected chi connectivity index (χ1v) is 4.71. The number of hydrogen-bond acceptors (Lipinski definition) is 1. The Morgan fingerprint density at radius 3 is 2.60 bits per heavy atom. The molecule has 0 aliphatic carbocycles. The number of nitrogens with zero attached hydrogens (tertiary/aromatic N) is 1. The maximum atomic E-state index is 3.44. The molecule has 0 amide bonds. The van der Waals surface area contributed by atoms with Gasteiger partial charge in [0.05, 0.1) is 0 Å². The summed E-state index contributed by atoms with van der Waals surface area (Å²) in [6.07, 6.45) is 4.25. The molecule has 1 unspecified atom stereocenters. The van der Waals surface area contributed by atoms with Crippen molar-refractivity contribution in [2.24, 2.45) is 0 Å². The van der Waals surface area contributed by atoms with Crippen LogP contribution < -0.4 is 0 Å². The predicted molar refractivity (Wildman–Crippen MR) is 50.7 cm³/mol. The molecule has 0 heterocycles. The predicted octanol–water partition coefficient (Wildman–Crippen LogP) is 2.28. The van der Waals surface area contributed by atoms with Gasteiger partial charge < -0.3 is 0 Å². The van der Waals surface area contributed by atoms with Gasteiger partial charge in [-0.25, -0.2) is 0 Å². The zero-order chi connectivity index (χ0) is 7.98. The number of alkyl halides is 1. The summed E-state index contributed by atoms with van der Waals surface area (Å²) in [5.74, 6) is 0. The van der Waals surface area contributed by atoms with E-state index in [4.69, 9.17) is 0 Å². The Morgan fingerprint density at radius 2 is 2.20 bits per heavy atom. The van der Waals surface area contributed by atoms with Crippen LogP contribution in [0.5, 0.6) is 0 Å². The van der Waals surface area contributed by atoms with E-state index < -0.39 is 0 Å². The Labute approximate surface area is 72.2 Å². The van der Waals surface area contributed by atoms with Gasteiger partial charge in [-0.1, -0.05) is 28.1 Å². The lowest BCUT2D eigenvalue weighted by atomic mass is 10.3. The standard InChI is InChI=1S/C8H16BrN/c1-4-5-6-10(3)8(2)7-9/h4-5,8H,6-7H2,1-3H3/b5-4+. The Hall–Kier alpha value is 0.180. The van der Waals surface area contributed by atoms with Crippen molar-refractivity contribution in [3.8, 4) is 0 Å². The number of halogens is 1. The van der Waals surface area contributed by atoms with Crippen LogP contribution in [-0.2, 0) is 0 Å². The molecule has 0 fully saturated rings. The summed E-state index contributed by atoms with van der Waals surface area (Å²) in [6, 6.07) is 0.621. The van der Waals surface area contributed by atoms with Crippen molar-refractivity contribution in [2.75, 3.05) is 18.9 Å². The molecular weight excluding hydrogens is 190 g/mol. The molecule has 0 aromatic rings. The minimum absolute atomic E-state index is 0.621. The van der Waals surface area contributed by atoms with Crippen molar-refractivity contribution in [1.29, 1.82) is 0 Å². The maximum absolute atomic E-state index is 3.44. The SMILES string of the molecule is C/C=C/CN(C)C(C)CBr. The van der Waals surface area contributed by atoms with E-state index in [2.05, 4.69) is 47.0 Å².